The van der Waals surface area contributed by atoms with Crippen molar-refractivity contribution in [3.63, 3.8) is 0 Å². The molecule has 14 heavy (non-hydrogen) atoms. The number of benzene rings is 1. The molecule has 2 N–H and O–H groups in total. The van der Waals surface area contributed by atoms with Crippen molar-refractivity contribution in [3.8, 4) is 5.75 Å². The molecule has 0 heterocycles. The van der Waals surface area contributed by atoms with Crippen molar-refractivity contribution >= 4 is 12.6 Å². The molecule has 76 valence electrons. The molecule has 0 atom stereocenters. The van der Waals surface area contributed by atoms with Crippen LogP contribution >= 0.6 is 0 Å². The van der Waals surface area contributed by atoms with E-state index in [1.807, 2.05) is 0 Å². The predicted molar refractivity (Wildman–Crippen MR) is 47.4 cm³/mol. The Kier molecular flexibility index (Phi) is 3.43. The third-order valence-electron chi connectivity index (χ3n) is 1.65. The fourth-order valence-corrected chi connectivity index (χ4v) is 1.07. The summed E-state index contributed by atoms with van der Waals surface area (Å²) in [5.41, 5.74) is -0.577. The Hall–Kier alpha value is -1.14. The van der Waals surface area contributed by atoms with Crippen molar-refractivity contribution in [2.24, 2.45) is 0 Å². The summed E-state index contributed by atoms with van der Waals surface area (Å²) in [6.45, 7) is 1.87. The monoisotopic (exact) mass is 202 g/mol. The fraction of sp³-hybridized carbons (Fsp3) is 0.250. The summed E-state index contributed by atoms with van der Waals surface area (Å²) in [5.74, 6) is -2.51. The van der Waals surface area contributed by atoms with Crippen LogP contribution < -0.4 is 10.2 Å². The molecule has 3 nitrogen and oxygen atoms in total. The van der Waals surface area contributed by atoms with Crippen molar-refractivity contribution in [2.45, 2.75) is 6.92 Å². The van der Waals surface area contributed by atoms with E-state index in [9.17, 15) is 8.78 Å². The SMILES string of the molecule is CCOc1ccc(F)c(F)c1B(O)O. The van der Waals surface area contributed by atoms with E-state index in [0.29, 0.717) is 0 Å². The molecule has 6 heteroatoms. The maximum absolute atomic E-state index is 13.1. The lowest BCUT2D eigenvalue weighted by atomic mass is 9.79. The van der Waals surface area contributed by atoms with E-state index in [-0.39, 0.29) is 12.4 Å². The summed E-state index contributed by atoms with van der Waals surface area (Å²) in [6.07, 6.45) is 0. The molecule has 0 fully saturated rings. The first-order valence-electron chi connectivity index (χ1n) is 4.04. The average molecular weight is 202 g/mol. The summed E-state index contributed by atoms with van der Waals surface area (Å²) in [4.78, 5) is 0. The van der Waals surface area contributed by atoms with E-state index < -0.39 is 24.2 Å². The number of rotatable bonds is 3. The van der Waals surface area contributed by atoms with Crippen molar-refractivity contribution in [2.75, 3.05) is 6.61 Å². The van der Waals surface area contributed by atoms with Crippen molar-refractivity contribution < 1.29 is 23.6 Å². The maximum atomic E-state index is 13.1. The molecule has 1 aromatic rings. The van der Waals surface area contributed by atoms with Gasteiger partial charge >= 0.3 is 7.12 Å². The summed E-state index contributed by atoms with van der Waals surface area (Å²) in [6, 6.07) is 2.02. The molecule has 0 aliphatic heterocycles. The van der Waals surface area contributed by atoms with Crippen molar-refractivity contribution in [1.82, 2.24) is 0 Å². The Bertz CT molecular complexity index is 331. The standard InChI is InChI=1S/C8H9BF2O3/c1-2-14-6-4-3-5(10)8(11)7(6)9(12)13/h3-4,12-13H,2H2,1H3. The van der Waals surface area contributed by atoms with Gasteiger partial charge in [0.1, 0.15) is 5.75 Å². The molecule has 0 unspecified atom stereocenters. The molecule has 0 amide bonds. The van der Waals surface area contributed by atoms with E-state index in [2.05, 4.69) is 0 Å². The summed E-state index contributed by atoms with van der Waals surface area (Å²) in [5, 5.41) is 17.6. The Morgan fingerprint density at radius 1 is 1.36 bits per heavy atom. The van der Waals surface area contributed by atoms with Crippen LogP contribution in [0.1, 0.15) is 6.92 Å². The van der Waals surface area contributed by atoms with Crippen LogP contribution in [0.15, 0.2) is 12.1 Å². The minimum Gasteiger partial charge on any atom is -0.494 e. The van der Waals surface area contributed by atoms with Crippen LogP contribution in [0.3, 0.4) is 0 Å². The molecule has 0 aromatic heterocycles. The van der Waals surface area contributed by atoms with Gasteiger partial charge in [-0.25, -0.2) is 8.78 Å². The van der Waals surface area contributed by atoms with Crippen LogP contribution in [0.25, 0.3) is 0 Å². The Labute approximate surface area is 80.1 Å². The van der Waals surface area contributed by atoms with Crippen LogP contribution in [0, 0.1) is 11.6 Å². The van der Waals surface area contributed by atoms with Gasteiger partial charge in [0.15, 0.2) is 11.6 Å². The molecule has 1 rings (SSSR count). The highest BCUT2D eigenvalue weighted by Crippen LogP contribution is 2.13. The van der Waals surface area contributed by atoms with Gasteiger partial charge in [0.25, 0.3) is 0 Å². The van der Waals surface area contributed by atoms with E-state index in [4.69, 9.17) is 14.8 Å². The van der Waals surface area contributed by atoms with E-state index in [1.54, 1.807) is 6.92 Å². The summed E-state index contributed by atoms with van der Waals surface area (Å²) in [7, 11) is -2.09. The Balaban J connectivity index is 3.23. The lowest BCUT2D eigenvalue weighted by Crippen LogP contribution is -2.35. The lowest BCUT2D eigenvalue weighted by molar-refractivity contribution is 0.336. The maximum Gasteiger partial charge on any atom is 0.495 e. The lowest BCUT2D eigenvalue weighted by Gasteiger charge is -2.10. The molecule has 0 saturated carbocycles. The first kappa shape index (κ1) is 10.9. The van der Waals surface area contributed by atoms with Gasteiger partial charge in [0, 0.05) is 0 Å². The van der Waals surface area contributed by atoms with Crippen LogP contribution in [0.5, 0.6) is 5.75 Å². The fourth-order valence-electron chi connectivity index (χ4n) is 1.07. The van der Waals surface area contributed by atoms with Crippen molar-refractivity contribution in [3.05, 3.63) is 23.8 Å². The quantitative estimate of drug-likeness (QED) is 0.680. The minimum absolute atomic E-state index is 0.0681. The van der Waals surface area contributed by atoms with Gasteiger partial charge in [-0.05, 0) is 19.1 Å². The zero-order valence-electron chi connectivity index (χ0n) is 7.50. The van der Waals surface area contributed by atoms with Crippen LogP contribution in [0.2, 0.25) is 0 Å². The minimum atomic E-state index is -2.09. The highest BCUT2D eigenvalue weighted by Gasteiger charge is 2.24. The molecule has 0 radical (unpaired) electrons. The highest BCUT2D eigenvalue weighted by molar-refractivity contribution is 6.59. The average Bonchev–Trinajstić information content (AvgIpc) is 2.11. The summed E-state index contributed by atoms with van der Waals surface area (Å²) >= 11 is 0. The van der Waals surface area contributed by atoms with Gasteiger partial charge in [-0.3, -0.25) is 0 Å². The smallest absolute Gasteiger partial charge is 0.494 e. The first-order chi connectivity index (χ1) is 6.57. The zero-order chi connectivity index (χ0) is 10.7. The number of hydrogen-bond donors (Lipinski definition) is 2. The van der Waals surface area contributed by atoms with Gasteiger partial charge in [-0.1, -0.05) is 0 Å². The normalized spacial score (nSPS) is 10.1. The third kappa shape index (κ3) is 2.02. The van der Waals surface area contributed by atoms with Crippen LogP contribution in [0.4, 0.5) is 8.78 Å². The van der Waals surface area contributed by atoms with Gasteiger partial charge in [0.05, 0.1) is 12.1 Å². The molecule has 1 aromatic carbocycles. The van der Waals surface area contributed by atoms with E-state index in [0.717, 1.165) is 12.1 Å². The summed E-state index contributed by atoms with van der Waals surface area (Å²) < 4.78 is 30.7. The molecule has 0 saturated heterocycles. The number of hydrogen-bond acceptors (Lipinski definition) is 3. The van der Waals surface area contributed by atoms with Crippen LogP contribution in [-0.4, -0.2) is 23.8 Å². The van der Waals surface area contributed by atoms with E-state index in [1.165, 1.54) is 0 Å². The molecule has 0 bridgehead atoms. The molecule has 0 aliphatic carbocycles. The number of ether oxygens (including phenoxy) is 1. The third-order valence-corrected chi connectivity index (χ3v) is 1.65. The second-order valence-electron chi connectivity index (χ2n) is 2.58. The largest absolute Gasteiger partial charge is 0.495 e. The molecular formula is C8H9BF2O3. The zero-order valence-corrected chi connectivity index (χ0v) is 7.50. The van der Waals surface area contributed by atoms with Gasteiger partial charge in [-0.15, -0.1) is 0 Å². The number of halogens is 2. The second-order valence-corrected chi connectivity index (χ2v) is 2.58. The molecule has 0 aliphatic rings. The van der Waals surface area contributed by atoms with Gasteiger partial charge < -0.3 is 14.8 Å². The van der Waals surface area contributed by atoms with E-state index >= 15 is 0 Å². The van der Waals surface area contributed by atoms with Gasteiger partial charge in [-0.2, -0.15) is 0 Å². The second kappa shape index (κ2) is 4.39. The highest BCUT2D eigenvalue weighted by atomic mass is 19.2. The Morgan fingerprint density at radius 2 is 2.00 bits per heavy atom. The van der Waals surface area contributed by atoms with Crippen LogP contribution in [-0.2, 0) is 0 Å². The molecular weight excluding hydrogens is 193 g/mol. The topological polar surface area (TPSA) is 49.7 Å². The Morgan fingerprint density at radius 3 is 2.50 bits per heavy atom. The first-order valence-corrected chi connectivity index (χ1v) is 4.04. The van der Waals surface area contributed by atoms with Gasteiger partial charge in [0.2, 0.25) is 0 Å². The van der Waals surface area contributed by atoms with Crippen molar-refractivity contribution in [1.29, 1.82) is 0 Å². The predicted octanol–water partition coefficient (Wildman–Crippen LogP) is 0.0433. The molecule has 0 spiro atoms.